The summed E-state index contributed by atoms with van der Waals surface area (Å²) in [5, 5.41) is 0. The second-order valence-electron chi connectivity index (χ2n) is 5.52. The first-order valence-electron chi connectivity index (χ1n) is 7.22. The van der Waals surface area contributed by atoms with Crippen LogP contribution in [0.15, 0.2) is 22.7 Å². The Balaban J connectivity index is 2.04. The molecule has 0 spiro atoms. The van der Waals surface area contributed by atoms with Gasteiger partial charge >= 0.3 is 0 Å². The average Bonchev–Trinajstić information content (AvgIpc) is 2.63. The Morgan fingerprint density at radius 3 is 2.80 bits per heavy atom. The number of hydrogen-bond donors (Lipinski definition) is 1. The molecular formula is C16H22BrNO2. The molecule has 2 unspecified atom stereocenters. The first-order valence-corrected chi connectivity index (χ1v) is 8.02. The fraction of sp³-hybridized carbons (Fsp3) is 0.562. The Morgan fingerprint density at radius 1 is 1.35 bits per heavy atom. The molecule has 1 saturated carbocycles. The van der Waals surface area contributed by atoms with Crippen LogP contribution in [0, 0.1) is 5.92 Å². The monoisotopic (exact) mass is 339 g/mol. The molecule has 2 N–H and O–H groups in total. The van der Waals surface area contributed by atoms with Gasteiger partial charge in [0.1, 0.15) is 11.5 Å². The summed E-state index contributed by atoms with van der Waals surface area (Å²) in [6.07, 6.45) is 5.85. The van der Waals surface area contributed by atoms with Crippen LogP contribution in [0.3, 0.4) is 0 Å². The molecule has 0 aliphatic heterocycles. The minimum Gasteiger partial charge on any atom is -0.496 e. The lowest BCUT2D eigenvalue weighted by molar-refractivity contribution is -0.123. The number of nitrogens with two attached hydrogens (primary N) is 1. The van der Waals surface area contributed by atoms with E-state index < -0.39 is 0 Å². The Morgan fingerprint density at radius 2 is 2.10 bits per heavy atom. The van der Waals surface area contributed by atoms with Crippen LogP contribution in [0.1, 0.15) is 37.7 Å². The van der Waals surface area contributed by atoms with E-state index in [2.05, 4.69) is 15.9 Å². The topological polar surface area (TPSA) is 52.3 Å². The van der Waals surface area contributed by atoms with Crippen molar-refractivity contribution in [2.24, 2.45) is 11.7 Å². The van der Waals surface area contributed by atoms with E-state index in [4.69, 9.17) is 10.5 Å². The van der Waals surface area contributed by atoms with E-state index in [1.54, 1.807) is 7.11 Å². The average molecular weight is 340 g/mol. The normalized spacial score (nSPS) is 23.1. The van der Waals surface area contributed by atoms with Gasteiger partial charge in [0.2, 0.25) is 0 Å². The van der Waals surface area contributed by atoms with Gasteiger partial charge in [-0.05, 0) is 46.5 Å². The van der Waals surface area contributed by atoms with Crippen LogP contribution >= 0.6 is 15.9 Å². The van der Waals surface area contributed by atoms with Crippen LogP contribution in [0.4, 0.5) is 0 Å². The van der Waals surface area contributed by atoms with Gasteiger partial charge in [0.05, 0.1) is 11.6 Å². The fourth-order valence-corrected chi connectivity index (χ4v) is 3.48. The first-order chi connectivity index (χ1) is 9.61. The third-order valence-electron chi connectivity index (χ3n) is 4.08. The van der Waals surface area contributed by atoms with Gasteiger partial charge in [-0.25, -0.2) is 0 Å². The summed E-state index contributed by atoms with van der Waals surface area (Å²) in [7, 11) is 1.63. The Labute approximate surface area is 129 Å². The van der Waals surface area contributed by atoms with Crippen LogP contribution in [0.5, 0.6) is 5.75 Å². The maximum atomic E-state index is 12.5. The maximum Gasteiger partial charge on any atom is 0.141 e. The van der Waals surface area contributed by atoms with Crippen molar-refractivity contribution in [2.45, 2.75) is 44.6 Å². The summed E-state index contributed by atoms with van der Waals surface area (Å²) in [4.78, 5) is 12.5. The number of rotatable bonds is 4. The fourth-order valence-electron chi connectivity index (χ4n) is 2.89. The molecule has 0 aromatic heterocycles. The molecule has 1 fully saturated rings. The largest absolute Gasteiger partial charge is 0.496 e. The smallest absolute Gasteiger partial charge is 0.141 e. The number of carbonyl (C=O) groups is 1. The molecule has 0 amide bonds. The number of halogens is 1. The number of Topliss-reactive ketones (excluding diaryl/α,β-unsaturated/α-hetero) is 1. The Hall–Kier alpha value is -0.870. The maximum absolute atomic E-state index is 12.5. The zero-order chi connectivity index (χ0) is 14.5. The van der Waals surface area contributed by atoms with Crippen molar-refractivity contribution in [1.29, 1.82) is 0 Å². The van der Waals surface area contributed by atoms with Gasteiger partial charge in [-0.3, -0.25) is 4.79 Å². The lowest BCUT2D eigenvalue weighted by Crippen LogP contribution is -2.35. The minimum absolute atomic E-state index is 0.0263. The summed E-state index contributed by atoms with van der Waals surface area (Å²) in [5.41, 5.74) is 7.17. The molecule has 2 atom stereocenters. The highest BCUT2D eigenvalue weighted by Crippen LogP contribution is 2.28. The van der Waals surface area contributed by atoms with Crippen LogP contribution in [-0.2, 0) is 11.2 Å². The van der Waals surface area contributed by atoms with Gasteiger partial charge in [0.25, 0.3) is 0 Å². The molecule has 20 heavy (non-hydrogen) atoms. The van der Waals surface area contributed by atoms with Crippen molar-refractivity contribution in [3.8, 4) is 5.75 Å². The van der Waals surface area contributed by atoms with Crippen LogP contribution in [0.25, 0.3) is 0 Å². The zero-order valence-corrected chi connectivity index (χ0v) is 13.5. The number of hydrogen-bond acceptors (Lipinski definition) is 3. The van der Waals surface area contributed by atoms with E-state index in [1.165, 1.54) is 6.42 Å². The quantitative estimate of drug-likeness (QED) is 0.854. The second-order valence-corrected chi connectivity index (χ2v) is 6.37. The molecule has 0 radical (unpaired) electrons. The van der Waals surface area contributed by atoms with Gasteiger partial charge in [0, 0.05) is 18.4 Å². The number of ether oxygens (including phenoxy) is 1. The summed E-state index contributed by atoms with van der Waals surface area (Å²) in [6, 6.07) is 5.83. The highest BCUT2D eigenvalue weighted by atomic mass is 79.9. The molecule has 0 heterocycles. The summed E-state index contributed by atoms with van der Waals surface area (Å²) < 4.78 is 6.09. The lowest BCUT2D eigenvalue weighted by Gasteiger charge is -2.20. The van der Waals surface area contributed by atoms with Crippen molar-refractivity contribution in [3.05, 3.63) is 28.2 Å². The molecule has 1 aromatic rings. The van der Waals surface area contributed by atoms with Crippen molar-refractivity contribution in [2.75, 3.05) is 7.11 Å². The first kappa shape index (κ1) is 15.5. The predicted molar refractivity (Wildman–Crippen MR) is 84.0 cm³/mol. The van der Waals surface area contributed by atoms with E-state index in [0.717, 1.165) is 41.5 Å². The van der Waals surface area contributed by atoms with Crippen molar-refractivity contribution in [1.82, 2.24) is 0 Å². The van der Waals surface area contributed by atoms with E-state index >= 15 is 0 Å². The molecule has 110 valence electrons. The number of ketones is 1. The third kappa shape index (κ3) is 3.83. The number of carbonyl (C=O) groups excluding carboxylic acids is 1. The molecule has 1 aliphatic rings. The van der Waals surface area contributed by atoms with Crippen LogP contribution < -0.4 is 10.5 Å². The van der Waals surface area contributed by atoms with Gasteiger partial charge in [-0.15, -0.1) is 0 Å². The van der Waals surface area contributed by atoms with Crippen molar-refractivity contribution < 1.29 is 9.53 Å². The summed E-state index contributed by atoms with van der Waals surface area (Å²) >= 11 is 3.46. The molecule has 0 bridgehead atoms. The standard InChI is InChI=1S/C16H22BrNO2/c1-20-16-8-7-11(9-13(16)17)10-15(19)12-5-3-2-4-6-14(12)18/h7-9,12,14H,2-6,10,18H2,1H3. The molecule has 0 saturated heterocycles. The second kappa shape index (κ2) is 7.23. The highest BCUT2D eigenvalue weighted by molar-refractivity contribution is 9.10. The van der Waals surface area contributed by atoms with Crippen molar-refractivity contribution in [3.63, 3.8) is 0 Å². The molecule has 1 aliphatic carbocycles. The summed E-state index contributed by atoms with van der Waals surface area (Å²) in [5.74, 6) is 1.09. The van der Waals surface area contributed by atoms with Crippen molar-refractivity contribution >= 4 is 21.7 Å². The molecule has 1 aromatic carbocycles. The SMILES string of the molecule is COc1ccc(CC(=O)C2CCCCCC2N)cc1Br. The molecule has 2 rings (SSSR count). The van der Waals surface area contributed by atoms with E-state index in [0.29, 0.717) is 6.42 Å². The highest BCUT2D eigenvalue weighted by Gasteiger charge is 2.26. The van der Waals surface area contributed by atoms with Gasteiger partial charge in [0.15, 0.2) is 0 Å². The van der Waals surface area contributed by atoms with Crippen LogP contribution in [0.2, 0.25) is 0 Å². The van der Waals surface area contributed by atoms with E-state index in [9.17, 15) is 4.79 Å². The number of methoxy groups -OCH3 is 1. The Kier molecular flexibility index (Phi) is 5.61. The van der Waals surface area contributed by atoms with Gasteiger partial charge < -0.3 is 10.5 Å². The van der Waals surface area contributed by atoms with Gasteiger partial charge in [-0.1, -0.05) is 25.3 Å². The molecule has 4 heteroatoms. The van der Waals surface area contributed by atoms with Crippen LogP contribution in [-0.4, -0.2) is 18.9 Å². The summed E-state index contributed by atoms with van der Waals surface area (Å²) in [6.45, 7) is 0. The van der Waals surface area contributed by atoms with Gasteiger partial charge in [-0.2, -0.15) is 0 Å². The molecular weight excluding hydrogens is 318 g/mol. The third-order valence-corrected chi connectivity index (χ3v) is 4.70. The Bertz CT molecular complexity index is 476. The molecule has 3 nitrogen and oxygen atoms in total. The van der Waals surface area contributed by atoms with E-state index in [1.807, 2.05) is 18.2 Å². The van der Waals surface area contributed by atoms with E-state index in [-0.39, 0.29) is 17.7 Å². The predicted octanol–water partition coefficient (Wildman–Crippen LogP) is 3.48. The number of benzene rings is 1. The zero-order valence-electron chi connectivity index (χ0n) is 11.9. The lowest BCUT2D eigenvalue weighted by atomic mass is 9.88. The minimum atomic E-state index is 0.0263.